The molecule has 2 aromatic rings. The molecule has 0 radical (unpaired) electrons. The van der Waals surface area contributed by atoms with Gasteiger partial charge in [0.25, 0.3) is 0 Å². The molecule has 0 amide bonds. The lowest BCUT2D eigenvalue weighted by atomic mass is 10.2. The third kappa shape index (κ3) is 3.09. The van der Waals surface area contributed by atoms with Crippen LogP contribution in [0.1, 0.15) is 5.56 Å². The summed E-state index contributed by atoms with van der Waals surface area (Å²) in [4.78, 5) is 0.501. The molecule has 2 aromatic carbocycles. The molecule has 0 saturated heterocycles. The van der Waals surface area contributed by atoms with Crippen molar-refractivity contribution in [2.75, 3.05) is 5.73 Å². The van der Waals surface area contributed by atoms with Crippen molar-refractivity contribution in [2.24, 2.45) is 0 Å². The third-order valence-electron chi connectivity index (χ3n) is 2.41. The van der Waals surface area contributed by atoms with E-state index in [1.54, 1.807) is 30.3 Å². The van der Waals surface area contributed by atoms with Crippen LogP contribution in [0.3, 0.4) is 0 Å². The van der Waals surface area contributed by atoms with Gasteiger partial charge in [-0.15, -0.1) is 0 Å². The van der Waals surface area contributed by atoms with Gasteiger partial charge in [-0.1, -0.05) is 23.7 Å². The molecule has 0 saturated carbocycles. The summed E-state index contributed by atoms with van der Waals surface area (Å²) in [5, 5.41) is 0.421. The highest BCUT2D eigenvalue weighted by atomic mass is 35.5. The van der Waals surface area contributed by atoms with E-state index >= 15 is 0 Å². The van der Waals surface area contributed by atoms with E-state index in [1.807, 2.05) is 0 Å². The zero-order chi connectivity index (χ0) is 13.1. The normalized spacial score (nSPS) is 12.3. The third-order valence-corrected chi connectivity index (χ3v) is 4.28. The van der Waals surface area contributed by atoms with Gasteiger partial charge < -0.3 is 5.73 Å². The molecule has 2 nitrogen and oxygen atoms in total. The zero-order valence-electron chi connectivity index (χ0n) is 9.40. The molecule has 94 valence electrons. The van der Waals surface area contributed by atoms with Crippen molar-refractivity contribution < 1.29 is 8.60 Å². The van der Waals surface area contributed by atoms with Gasteiger partial charge in [-0.25, -0.2) is 4.39 Å². The van der Waals surface area contributed by atoms with Crippen molar-refractivity contribution in [1.82, 2.24) is 0 Å². The molecule has 0 heterocycles. The van der Waals surface area contributed by atoms with Crippen LogP contribution in [0.15, 0.2) is 47.4 Å². The fourth-order valence-corrected chi connectivity index (χ4v) is 3.08. The van der Waals surface area contributed by atoms with E-state index in [9.17, 15) is 8.60 Å². The minimum Gasteiger partial charge on any atom is -0.399 e. The topological polar surface area (TPSA) is 43.1 Å². The molecule has 0 bridgehead atoms. The Labute approximate surface area is 112 Å². The molecule has 18 heavy (non-hydrogen) atoms. The Hall–Kier alpha value is -1.39. The van der Waals surface area contributed by atoms with Gasteiger partial charge in [0, 0.05) is 5.69 Å². The molecule has 0 aliphatic heterocycles. The van der Waals surface area contributed by atoms with E-state index in [2.05, 4.69) is 0 Å². The number of hydrogen-bond acceptors (Lipinski definition) is 2. The molecule has 1 atom stereocenters. The average molecular weight is 284 g/mol. The number of benzene rings is 2. The molecule has 1 unspecified atom stereocenters. The summed E-state index contributed by atoms with van der Waals surface area (Å²) >= 11 is 5.97. The molecular weight excluding hydrogens is 273 g/mol. The standard InChI is InChI=1S/C13H11ClFNOS/c14-12-6-5-11(16)7-13(12)18(17)8-9-1-3-10(15)4-2-9/h1-7H,8,16H2. The van der Waals surface area contributed by atoms with Crippen LogP contribution in [0.2, 0.25) is 5.02 Å². The van der Waals surface area contributed by atoms with Gasteiger partial charge >= 0.3 is 0 Å². The van der Waals surface area contributed by atoms with Crippen LogP contribution < -0.4 is 5.73 Å². The molecule has 0 fully saturated rings. The Bertz CT molecular complexity index is 586. The second kappa shape index (κ2) is 5.50. The first kappa shape index (κ1) is 13.1. The lowest BCUT2D eigenvalue weighted by Crippen LogP contribution is -1.99. The van der Waals surface area contributed by atoms with Crippen LogP contribution in [-0.2, 0) is 16.6 Å². The van der Waals surface area contributed by atoms with Gasteiger partial charge in [0.05, 0.1) is 26.5 Å². The highest BCUT2D eigenvalue weighted by Crippen LogP contribution is 2.24. The van der Waals surface area contributed by atoms with Crippen molar-refractivity contribution in [1.29, 1.82) is 0 Å². The van der Waals surface area contributed by atoms with Crippen LogP contribution in [0.4, 0.5) is 10.1 Å². The predicted octanol–water partition coefficient (Wildman–Crippen LogP) is 3.37. The highest BCUT2D eigenvalue weighted by Gasteiger charge is 2.10. The van der Waals surface area contributed by atoms with Crippen LogP contribution in [0, 0.1) is 5.82 Å². The molecule has 5 heteroatoms. The largest absolute Gasteiger partial charge is 0.399 e. The first-order chi connectivity index (χ1) is 8.56. The number of hydrogen-bond donors (Lipinski definition) is 1. The Kier molecular flexibility index (Phi) is 3.99. The summed E-state index contributed by atoms with van der Waals surface area (Å²) in [5.41, 5.74) is 6.94. The molecule has 0 spiro atoms. The maximum atomic E-state index is 12.8. The van der Waals surface area contributed by atoms with Gasteiger partial charge in [0.15, 0.2) is 0 Å². The van der Waals surface area contributed by atoms with E-state index in [-0.39, 0.29) is 11.6 Å². The fraction of sp³-hybridized carbons (Fsp3) is 0.0769. The van der Waals surface area contributed by atoms with E-state index < -0.39 is 10.8 Å². The maximum Gasteiger partial charge on any atom is 0.123 e. The Balaban J connectivity index is 2.21. The predicted molar refractivity (Wildman–Crippen MR) is 72.4 cm³/mol. The van der Waals surface area contributed by atoms with Gasteiger partial charge in [-0.05, 0) is 35.9 Å². The minimum absolute atomic E-state index is 0.281. The molecular formula is C13H11ClFNOS. The second-order valence-electron chi connectivity index (χ2n) is 3.81. The number of nitrogen functional groups attached to an aromatic ring is 1. The number of halogens is 2. The van der Waals surface area contributed by atoms with Crippen LogP contribution >= 0.6 is 11.6 Å². The van der Waals surface area contributed by atoms with Gasteiger partial charge in [0.2, 0.25) is 0 Å². The van der Waals surface area contributed by atoms with Crippen LogP contribution in [-0.4, -0.2) is 4.21 Å². The minimum atomic E-state index is -1.30. The summed E-state index contributed by atoms with van der Waals surface area (Å²) in [6.45, 7) is 0. The van der Waals surface area contributed by atoms with Crippen molar-refractivity contribution >= 4 is 28.1 Å². The SMILES string of the molecule is Nc1ccc(Cl)c(S(=O)Cc2ccc(F)cc2)c1. The zero-order valence-corrected chi connectivity index (χ0v) is 11.0. The number of rotatable bonds is 3. The molecule has 0 aliphatic carbocycles. The lowest BCUT2D eigenvalue weighted by Gasteiger charge is -2.06. The monoisotopic (exact) mass is 283 g/mol. The van der Waals surface area contributed by atoms with Crippen molar-refractivity contribution in [3.8, 4) is 0 Å². The number of nitrogens with two attached hydrogens (primary N) is 1. The van der Waals surface area contributed by atoms with Crippen LogP contribution in [0.25, 0.3) is 0 Å². The fourth-order valence-electron chi connectivity index (χ4n) is 1.50. The smallest absolute Gasteiger partial charge is 0.123 e. The van der Waals surface area contributed by atoms with Crippen molar-refractivity contribution in [3.63, 3.8) is 0 Å². The summed E-state index contributed by atoms with van der Waals surface area (Å²) in [6.07, 6.45) is 0. The van der Waals surface area contributed by atoms with E-state index in [0.29, 0.717) is 15.6 Å². The first-order valence-corrected chi connectivity index (χ1v) is 6.94. The molecule has 0 aliphatic rings. The summed E-state index contributed by atoms with van der Waals surface area (Å²) in [7, 11) is -1.30. The molecule has 2 rings (SSSR count). The molecule has 0 aromatic heterocycles. The Morgan fingerprint density at radius 1 is 1.17 bits per heavy atom. The van der Waals surface area contributed by atoms with Crippen molar-refractivity contribution in [3.05, 3.63) is 58.9 Å². The maximum absolute atomic E-state index is 12.8. The van der Waals surface area contributed by atoms with Gasteiger partial charge in [0.1, 0.15) is 5.82 Å². The van der Waals surface area contributed by atoms with E-state index in [4.69, 9.17) is 17.3 Å². The van der Waals surface area contributed by atoms with Gasteiger partial charge in [-0.3, -0.25) is 4.21 Å². The number of anilines is 1. The van der Waals surface area contributed by atoms with Crippen LogP contribution in [0.5, 0.6) is 0 Å². The lowest BCUT2D eigenvalue weighted by molar-refractivity contribution is 0.627. The summed E-state index contributed by atoms with van der Waals surface area (Å²) < 4.78 is 24.9. The Morgan fingerprint density at radius 2 is 1.83 bits per heavy atom. The van der Waals surface area contributed by atoms with E-state index in [1.165, 1.54) is 12.1 Å². The highest BCUT2D eigenvalue weighted by molar-refractivity contribution is 7.84. The quantitative estimate of drug-likeness (QED) is 0.878. The summed E-state index contributed by atoms with van der Waals surface area (Å²) in [5.74, 6) is -0.0322. The van der Waals surface area contributed by atoms with Gasteiger partial charge in [-0.2, -0.15) is 0 Å². The first-order valence-electron chi connectivity index (χ1n) is 5.24. The van der Waals surface area contributed by atoms with Crippen molar-refractivity contribution in [2.45, 2.75) is 10.6 Å². The summed E-state index contributed by atoms with van der Waals surface area (Å²) in [6, 6.07) is 10.8. The second-order valence-corrected chi connectivity index (χ2v) is 5.63. The average Bonchev–Trinajstić information content (AvgIpc) is 2.35. The Morgan fingerprint density at radius 3 is 2.50 bits per heavy atom. The van der Waals surface area contributed by atoms with E-state index in [0.717, 1.165) is 5.56 Å². The molecule has 2 N–H and O–H groups in total.